The number of halogens is 3. The highest BCUT2D eigenvalue weighted by molar-refractivity contribution is 6.44. The zero-order chi connectivity index (χ0) is 17.7. The molecule has 0 radical (unpaired) electrons. The summed E-state index contributed by atoms with van der Waals surface area (Å²) >= 11 is 17.6. The molecule has 2 aromatic rings. The van der Waals surface area contributed by atoms with Crippen LogP contribution in [0.5, 0.6) is 0 Å². The fourth-order valence-electron chi connectivity index (χ4n) is 1.77. The van der Waals surface area contributed by atoms with Gasteiger partial charge in [0.25, 0.3) is 5.91 Å². The number of carbonyl (C=O) groups excluding carboxylic acids is 2. The summed E-state index contributed by atoms with van der Waals surface area (Å²) in [7, 11) is 0. The number of carbonyl (C=O) groups is 2. The second-order valence-corrected chi connectivity index (χ2v) is 5.95. The zero-order valence-corrected chi connectivity index (χ0v) is 14.5. The van der Waals surface area contributed by atoms with E-state index in [0.717, 1.165) is 0 Å². The van der Waals surface area contributed by atoms with Crippen molar-refractivity contribution >= 4 is 52.4 Å². The van der Waals surface area contributed by atoms with Crippen molar-refractivity contribution in [2.45, 2.75) is 6.61 Å². The molecule has 24 heavy (non-hydrogen) atoms. The minimum atomic E-state index is -0.658. The average molecular weight is 389 g/mol. The molecule has 0 heterocycles. The Morgan fingerprint density at radius 3 is 2.25 bits per heavy atom. The number of esters is 1. The molecule has 0 aliphatic rings. The molecule has 0 aliphatic heterocycles. The first-order chi connectivity index (χ1) is 11.4. The zero-order valence-electron chi connectivity index (χ0n) is 12.2. The Morgan fingerprint density at radius 1 is 1.00 bits per heavy atom. The number of benzene rings is 2. The van der Waals surface area contributed by atoms with E-state index in [1.807, 2.05) is 0 Å². The highest BCUT2D eigenvalue weighted by Gasteiger charge is 2.13. The molecule has 2 rings (SSSR count). The maximum Gasteiger partial charge on any atom is 0.338 e. The minimum Gasteiger partial charge on any atom is -0.452 e. The van der Waals surface area contributed by atoms with Gasteiger partial charge in [0.05, 0.1) is 32.9 Å². The quantitative estimate of drug-likeness (QED) is 0.601. The summed E-state index contributed by atoms with van der Waals surface area (Å²) in [5, 5.41) is 12.1. The van der Waals surface area contributed by atoms with Crippen LogP contribution in [0.25, 0.3) is 0 Å². The summed E-state index contributed by atoms with van der Waals surface area (Å²) in [5.74, 6) is -1.23. The van der Waals surface area contributed by atoms with Gasteiger partial charge < -0.3 is 15.2 Å². The van der Waals surface area contributed by atoms with E-state index in [-0.39, 0.29) is 32.9 Å². The van der Waals surface area contributed by atoms with Gasteiger partial charge in [0.2, 0.25) is 0 Å². The first-order valence-electron chi connectivity index (χ1n) is 6.72. The Kier molecular flexibility index (Phi) is 6.45. The van der Waals surface area contributed by atoms with Crippen molar-refractivity contribution in [1.29, 1.82) is 0 Å². The molecular weight excluding hydrogens is 377 g/mol. The third-order valence-corrected chi connectivity index (χ3v) is 4.03. The maximum absolute atomic E-state index is 11.8. The van der Waals surface area contributed by atoms with Gasteiger partial charge in [-0.2, -0.15) is 0 Å². The number of amides is 1. The molecule has 0 saturated heterocycles. The van der Waals surface area contributed by atoms with E-state index in [1.54, 1.807) is 12.1 Å². The van der Waals surface area contributed by atoms with Gasteiger partial charge in [0, 0.05) is 0 Å². The van der Waals surface area contributed by atoms with Gasteiger partial charge in [-0.1, -0.05) is 46.9 Å². The fourth-order valence-corrected chi connectivity index (χ4v) is 2.36. The molecule has 126 valence electrons. The van der Waals surface area contributed by atoms with Crippen LogP contribution in [0.2, 0.25) is 15.1 Å². The summed E-state index contributed by atoms with van der Waals surface area (Å²) in [6, 6.07) is 8.98. The molecule has 0 aromatic heterocycles. The molecule has 0 bridgehead atoms. The Bertz CT molecular complexity index is 763. The molecule has 0 atom stereocenters. The van der Waals surface area contributed by atoms with Gasteiger partial charge in [-0.25, -0.2) is 4.79 Å². The lowest BCUT2D eigenvalue weighted by atomic mass is 10.1. The molecule has 0 fully saturated rings. The van der Waals surface area contributed by atoms with Crippen LogP contribution in [0.3, 0.4) is 0 Å². The molecule has 0 saturated carbocycles. The van der Waals surface area contributed by atoms with E-state index >= 15 is 0 Å². The van der Waals surface area contributed by atoms with Crippen molar-refractivity contribution < 1.29 is 19.4 Å². The molecule has 0 unspecified atom stereocenters. The molecule has 5 nitrogen and oxygen atoms in total. The molecule has 2 N–H and O–H groups in total. The SMILES string of the molecule is O=C(COC(=O)c1ccc(CO)cc1)Nc1cc(Cl)c(Cl)cc1Cl. The topological polar surface area (TPSA) is 75.6 Å². The lowest BCUT2D eigenvalue weighted by Crippen LogP contribution is -2.21. The van der Waals surface area contributed by atoms with Crippen LogP contribution in [-0.2, 0) is 16.1 Å². The summed E-state index contributed by atoms with van der Waals surface area (Å²) in [5.41, 5.74) is 1.20. The standard InChI is InChI=1S/C16H12Cl3NO4/c17-11-5-13(19)14(6-12(11)18)20-15(22)8-24-16(23)10-3-1-9(7-21)2-4-10/h1-6,21H,7-8H2,(H,20,22). The van der Waals surface area contributed by atoms with Crippen molar-refractivity contribution in [3.05, 3.63) is 62.6 Å². The van der Waals surface area contributed by atoms with Crippen molar-refractivity contribution in [2.24, 2.45) is 0 Å². The fraction of sp³-hybridized carbons (Fsp3) is 0.125. The average Bonchev–Trinajstić information content (AvgIpc) is 2.57. The third kappa shape index (κ3) is 4.85. The van der Waals surface area contributed by atoms with Gasteiger partial charge in [-0.15, -0.1) is 0 Å². The summed E-state index contributed by atoms with van der Waals surface area (Å²) in [6.45, 7) is -0.612. The van der Waals surface area contributed by atoms with Crippen LogP contribution < -0.4 is 5.32 Å². The van der Waals surface area contributed by atoms with E-state index in [0.29, 0.717) is 5.56 Å². The number of aliphatic hydroxyl groups is 1. The van der Waals surface area contributed by atoms with Crippen molar-refractivity contribution in [2.75, 3.05) is 11.9 Å². The number of aliphatic hydroxyl groups excluding tert-OH is 1. The highest BCUT2D eigenvalue weighted by Crippen LogP contribution is 2.32. The summed E-state index contributed by atoms with van der Waals surface area (Å²) < 4.78 is 4.91. The van der Waals surface area contributed by atoms with Crippen LogP contribution in [-0.4, -0.2) is 23.6 Å². The summed E-state index contributed by atoms with van der Waals surface area (Å²) in [6.07, 6.45) is 0. The van der Waals surface area contributed by atoms with E-state index in [9.17, 15) is 9.59 Å². The molecular formula is C16H12Cl3NO4. The number of anilines is 1. The van der Waals surface area contributed by atoms with Crippen molar-refractivity contribution in [3.8, 4) is 0 Å². The van der Waals surface area contributed by atoms with E-state index in [2.05, 4.69) is 5.32 Å². The maximum atomic E-state index is 11.8. The van der Waals surface area contributed by atoms with Gasteiger partial charge in [-0.3, -0.25) is 4.79 Å². The van der Waals surface area contributed by atoms with Crippen molar-refractivity contribution in [3.63, 3.8) is 0 Å². The molecule has 0 aliphatic carbocycles. The van der Waals surface area contributed by atoms with Crippen LogP contribution in [0.1, 0.15) is 15.9 Å². The van der Waals surface area contributed by atoms with E-state index < -0.39 is 18.5 Å². The van der Waals surface area contributed by atoms with Crippen LogP contribution >= 0.6 is 34.8 Å². The van der Waals surface area contributed by atoms with Gasteiger partial charge >= 0.3 is 5.97 Å². The lowest BCUT2D eigenvalue weighted by molar-refractivity contribution is -0.119. The highest BCUT2D eigenvalue weighted by atomic mass is 35.5. The number of ether oxygens (including phenoxy) is 1. The first kappa shape index (κ1) is 18.5. The Balaban J connectivity index is 1.93. The Hall–Kier alpha value is -1.79. The van der Waals surface area contributed by atoms with E-state index in [4.69, 9.17) is 44.6 Å². The third-order valence-electron chi connectivity index (χ3n) is 2.99. The Labute approximate surface area is 153 Å². The van der Waals surface area contributed by atoms with Gasteiger partial charge in [0.15, 0.2) is 6.61 Å². The number of hydrogen-bond donors (Lipinski definition) is 2. The monoisotopic (exact) mass is 387 g/mol. The van der Waals surface area contributed by atoms with E-state index in [1.165, 1.54) is 24.3 Å². The smallest absolute Gasteiger partial charge is 0.338 e. The first-order valence-corrected chi connectivity index (χ1v) is 7.85. The predicted molar refractivity (Wildman–Crippen MR) is 92.7 cm³/mol. The lowest BCUT2D eigenvalue weighted by Gasteiger charge is -2.09. The number of nitrogens with one attached hydrogen (secondary N) is 1. The molecule has 0 spiro atoms. The molecule has 8 heteroatoms. The van der Waals surface area contributed by atoms with Crippen LogP contribution in [0, 0.1) is 0 Å². The van der Waals surface area contributed by atoms with Gasteiger partial charge in [-0.05, 0) is 29.8 Å². The van der Waals surface area contributed by atoms with Crippen molar-refractivity contribution in [1.82, 2.24) is 0 Å². The normalized spacial score (nSPS) is 10.3. The summed E-state index contributed by atoms with van der Waals surface area (Å²) in [4.78, 5) is 23.7. The molecule has 1 amide bonds. The second kappa shape index (κ2) is 8.35. The number of rotatable bonds is 5. The predicted octanol–water partition coefficient (Wildman–Crippen LogP) is 3.93. The van der Waals surface area contributed by atoms with Crippen LogP contribution in [0.15, 0.2) is 36.4 Å². The Morgan fingerprint density at radius 2 is 1.62 bits per heavy atom. The minimum absolute atomic E-state index is 0.123. The largest absolute Gasteiger partial charge is 0.452 e. The molecule has 2 aromatic carbocycles. The second-order valence-electron chi connectivity index (χ2n) is 4.73. The van der Waals surface area contributed by atoms with Crippen LogP contribution in [0.4, 0.5) is 5.69 Å². The number of hydrogen-bond acceptors (Lipinski definition) is 4. The van der Waals surface area contributed by atoms with Gasteiger partial charge in [0.1, 0.15) is 0 Å².